The van der Waals surface area contributed by atoms with Gasteiger partial charge in [0, 0.05) is 25.2 Å². The number of imidazole rings is 1. The lowest BCUT2D eigenvalue weighted by Crippen LogP contribution is -2.17. The monoisotopic (exact) mass is 288 g/mol. The topological polar surface area (TPSA) is 78.5 Å². The van der Waals surface area contributed by atoms with E-state index in [1.807, 2.05) is 4.68 Å². The van der Waals surface area contributed by atoms with Gasteiger partial charge in [-0.25, -0.2) is 9.67 Å². The minimum absolute atomic E-state index is 0.0594. The van der Waals surface area contributed by atoms with Gasteiger partial charge in [0.15, 0.2) is 5.82 Å². The SMILES string of the molecule is O=C(CCCc1nnnn1C1CCCCC1)n1ccnc1. The summed E-state index contributed by atoms with van der Waals surface area (Å²) in [7, 11) is 0. The molecule has 0 aromatic carbocycles. The van der Waals surface area contributed by atoms with E-state index in [0.29, 0.717) is 12.5 Å². The maximum Gasteiger partial charge on any atom is 0.231 e. The van der Waals surface area contributed by atoms with Gasteiger partial charge < -0.3 is 0 Å². The molecule has 112 valence electrons. The lowest BCUT2D eigenvalue weighted by molar-refractivity contribution is 0.0899. The maximum atomic E-state index is 11.9. The summed E-state index contributed by atoms with van der Waals surface area (Å²) in [5.41, 5.74) is 0. The van der Waals surface area contributed by atoms with Gasteiger partial charge in [0.2, 0.25) is 5.91 Å². The number of tetrazole rings is 1. The van der Waals surface area contributed by atoms with Crippen molar-refractivity contribution in [2.75, 3.05) is 0 Å². The van der Waals surface area contributed by atoms with Crippen molar-refractivity contribution in [2.24, 2.45) is 0 Å². The summed E-state index contributed by atoms with van der Waals surface area (Å²) in [6.07, 6.45) is 12.9. The third-order valence-corrected chi connectivity index (χ3v) is 4.06. The molecule has 1 aliphatic rings. The zero-order valence-electron chi connectivity index (χ0n) is 12.1. The summed E-state index contributed by atoms with van der Waals surface area (Å²) in [5.74, 6) is 0.963. The van der Waals surface area contributed by atoms with Crippen LogP contribution in [0, 0.1) is 0 Å². The number of rotatable bonds is 5. The minimum atomic E-state index is 0.0594. The first-order valence-electron chi connectivity index (χ1n) is 7.62. The largest absolute Gasteiger partial charge is 0.276 e. The molecule has 1 fully saturated rings. The summed E-state index contributed by atoms with van der Waals surface area (Å²) >= 11 is 0. The second-order valence-corrected chi connectivity index (χ2v) is 5.55. The van der Waals surface area contributed by atoms with Crippen LogP contribution < -0.4 is 0 Å². The summed E-state index contributed by atoms with van der Waals surface area (Å²) in [6, 6.07) is 0.438. The molecule has 3 rings (SSSR count). The Morgan fingerprint density at radius 1 is 1.29 bits per heavy atom. The average Bonchev–Trinajstić information content (AvgIpc) is 3.20. The number of aromatic nitrogens is 6. The predicted octanol–water partition coefficient (Wildman–Crippen LogP) is 2.04. The van der Waals surface area contributed by atoms with Gasteiger partial charge >= 0.3 is 0 Å². The van der Waals surface area contributed by atoms with E-state index in [1.165, 1.54) is 30.2 Å². The van der Waals surface area contributed by atoms with Crippen LogP contribution in [0.4, 0.5) is 0 Å². The first-order chi connectivity index (χ1) is 10.3. The van der Waals surface area contributed by atoms with Crippen LogP contribution in [0.1, 0.15) is 61.6 Å². The molecular weight excluding hydrogens is 268 g/mol. The first-order valence-corrected chi connectivity index (χ1v) is 7.62. The fourth-order valence-corrected chi connectivity index (χ4v) is 2.92. The highest BCUT2D eigenvalue weighted by atomic mass is 16.2. The highest BCUT2D eigenvalue weighted by Crippen LogP contribution is 2.28. The Kier molecular flexibility index (Phi) is 4.37. The molecule has 7 nitrogen and oxygen atoms in total. The van der Waals surface area contributed by atoms with Gasteiger partial charge in [0.25, 0.3) is 0 Å². The van der Waals surface area contributed by atoms with E-state index in [0.717, 1.165) is 31.5 Å². The molecule has 0 bridgehead atoms. The molecule has 21 heavy (non-hydrogen) atoms. The third kappa shape index (κ3) is 3.34. The highest BCUT2D eigenvalue weighted by molar-refractivity contribution is 5.78. The Morgan fingerprint density at radius 3 is 2.90 bits per heavy atom. The van der Waals surface area contributed by atoms with E-state index in [9.17, 15) is 4.79 Å². The van der Waals surface area contributed by atoms with Crippen LogP contribution in [-0.4, -0.2) is 35.7 Å². The lowest BCUT2D eigenvalue weighted by atomic mass is 9.95. The second-order valence-electron chi connectivity index (χ2n) is 5.55. The Hall–Kier alpha value is -2.05. The molecule has 1 saturated carbocycles. The molecule has 2 heterocycles. The van der Waals surface area contributed by atoms with Crippen LogP contribution in [0.15, 0.2) is 18.7 Å². The minimum Gasteiger partial charge on any atom is -0.276 e. The van der Waals surface area contributed by atoms with Crippen molar-refractivity contribution >= 4 is 5.91 Å². The zero-order valence-corrected chi connectivity index (χ0v) is 12.1. The molecule has 0 spiro atoms. The van der Waals surface area contributed by atoms with E-state index in [2.05, 4.69) is 20.5 Å². The quantitative estimate of drug-likeness (QED) is 0.841. The van der Waals surface area contributed by atoms with Crippen LogP contribution in [0.2, 0.25) is 0 Å². The normalized spacial score (nSPS) is 16.2. The van der Waals surface area contributed by atoms with Crippen molar-refractivity contribution in [2.45, 2.75) is 57.4 Å². The average molecular weight is 288 g/mol. The molecule has 0 amide bonds. The summed E-state index contributed by atoms with van der Waals surface area (Å²) in [6.45, 7) is 0. The van der Waals surface area contributed by atoms with E-state index in [-0.39, 0.29) is 5.91 Å². The number of hydrogen-bond acceptors (Lipinski definition) is 5. The summed E-state index contributed by atoms with van der Waals surface area (Å²) in [5, 5.41) is 12.1. The lowest BCUT2D eigenvalue weighted by Gasteiger charge is -2.22. The fraction of sp³-hybridized carbons (Fsp3) is 0.643. The molecule has 0 N–H and O–H groups in total. The van der Waals surface area contributed by atoms with Gasteiger partial charge in [-0.15, -0.1) is 5.10 Å². The molecule has 0 aliphatic heterocycles. The molecule has 2 aromatic heterocycles. The van der Waals surface area contributed by atoms with Gasteiger partial charge in [0.1, 0.15) is 6.33 Å². The van der Waals surface area contributed by atoms with Crippen LogP contribution in [-0.2, 0) is 6.42 Å². The molecule has 2 aromatic rings. The Morgan fingerprint density at radius 2 is 2.14 bits per heavy atom. The number of aryl methyl sites for hydroxylation is 1. The van der Waals surface area contributed by atoms with Gasteiger partial charge in [0.05, 0.1) is 6.04 Å². The van der Waals surface area contributed by atoms with E-state index >= 15 is 0 Å². The Bertz CT molecular complexity index is 570. The number of carbonyl (C=O) groups is 1. The second kappa shape index (κ2) is 6.60. The van der Waals surface area contributed by atoms with E-state index < -0.39 is 0 Å². The number of carbonyl (C=O) groups excluding carboxylic acids is 1. The van der Waals surface area contributed by atoms with Crippen LogP contribution in [0.3, 0.4) is 0 Å². The van der Waals surface area contributed by atoms with E-state index in [1.54, 1.807) is 12.4 Å². The Labute approximate surface area is 123 Å². The maximum absolute atomic E-state index is 11.9. The van der Waals surface area contributed by atoms with Crippen LogP contribution in [0.25, 0.3) is 0 Å². The standard InChI is InChI=1S/C14H20N6O/c21-14(19-10-9-15-11-19)8-4-7-13-16-17-18-20(13)12-5-2-1-3-6-12/h9-12H,1-8H2. The van der Waals surface area contributed by atoms with Crippen molar-refractivity contribution in [3.63, 3.8) is 0 Å². The number of hydrogen-bond donors (Lipinski definition) is 0. The van der Waals surface area contributed by atoms with Gasteiger partial charge in [-0.3, -0.25) is 9.36 Å². The zero-order chi connectivity index (χ0) is 14.5. The van der Waals surface area contributed by atoms with E-state index in [4.69, 9.17) is 0 Å². The summed E-state index contributed by atoms with van der Waals surface area (Å²) < 4.78 is 3.49. The van der Waals surface area contributed by atoms with Crippen molar-refractivity contribution in [1.29, 1.82) is 0 Å². The molecule has 1 aliphatic carbocycles. The van der Waals surface area contributed by atoms with Crippen molar-refractivity contribution in [3.8, 4) is 0 Å². The molecule has 0 saturated heterocycles. The van der Waals surface area contributed by atoms with Crippen molar-refractivity contribution in [3.05, 3.63) is 24.5 Å². The Balaban J connectivity index is 1.54. The molecule has 0 radical (unpaired) electrons. The van der Waals surface area contributed by atoms with Crippen LogP contribution in [0.5, 0.6) is 0 Å². The van der Waals surface area contributed by atoms with Gasteiger partial charge in [-0.1, -0.05) is 19.3 Å². The molecule has 0 unspecified atom stereocenters. The third-order valence-electron chi connectivity index (χ3n) is 4.06. The number of nitrogens with zero attached hydrogens (tertiary/aromatic N) is 6. The smallest absolute Gasteiger partial charge is 0.231 e. The molecular formula is C14H20N6O. The predicted molar refractivity (Wildman–Crippen MR) is 75.7 cm³/mol. The van der Waals surface area contributed by atoms with Crippen LogP contribution >= 0.6 is 0 Å². The molecule has 0 atom stereocenters. The van der Waals surface area contributed by atoms with Crippen molar-refractivity contribution < 1.29 is 4.79 Å². The highest BCUT2D eigenvalue weighted by Gasteiger charge is 2.19. The van der Waals surface area contributed by atoms with Gasteiger partial charge in [-0.2, -0.15) is 0 Å². The molecule has 7 heteroatoms. The van der Waals surface area contributed by atoms with Gasteiger partial charge in [-0.05, 0) is 29.7 Å². The summed E-state index contributed by atoms with van der Waals surface area (Å²) in [4.78, 5) is 15.8. The fourth-order valence-electron chi connectivity index (χ4n) is 2.92. The first kappa shape index (κ1) is 13.9. The van der Waals surface area contributed by atoms with Crippen molar-refractivity contribution in [1.82, 2.24) is 29.8 Å².